The van der Waals surface area contributed by atoms with Crippen molar-refractivity contribution in [3.05, 3.63) is 15.8 Å². The third-order valence-corrected chi connectivity index (χ3v) is 3.80. The van der Waals surface area contributed by atoms with E-state index in [1.807, 2.05) is 6.92 Å². The lowest BCUT2D eigenvalue weighted by molar-refractivity contribution is -0.0498. The van der Waals surface area contributed by atoms with Crippen LogP contribution in [0.3, 0.4) is 0 Å². The van der Waals surface area contributed by atoms with Crippen LogP contribution in [0, 0.1) is 6.92 Å². The second-order valence-corrected chi connectivity index (χ2v) is 5.73. The molecule has 21 heavy (non-hydrogen) atoms. The van der Waals surface area contributed by atoms with Crippen molar-refractivity contribution in [2.45, 2.75) is 45.8 Å². The zero-order valence-electron chi connectivity index (χ0n) is 12.0. The smallest absolute Gasteiger partial charge is 0.387 e. The van der Waals surface area contributed by atoms with Gasteiger partial charge < -0.3 is 15.8 Å². The summed E-state index contributed by atoms with van der Waals surface area (Å²) in [6.07, 6.45) is 2.73. The van der Waals surface area contributed by atoms with Gasteiger partial charge in [0.1, 0.15) is 10.6 Å². The Morgan fingerprint density at radius 2 is 2.19 bits per heavy atom. The fourth-order valence-electron chi connectivity index (χ4n) is 1.78. The maximum atomic E-state index is 12.3. The molecule has 1 aromatic heterocycles. The molecule has 8 heteroatoms. The van der Waals surface area contributed by atoms with E-state index in [2.05, 4.69) is 10.1 Å². The molecular weight excluding hydrogens is 322 g/mol. The van der Waals surface area contributed by atoms with Gasteiger partial charge in [0.05, 0.1) is 0 Å². The van der Waals surface area contributed by atoms with Crippen LogP contribution < -0.4 is 15.8 Å². The molecular formula is C13H21ClF2N2O2S. The van der Waals surface area contributed by atoms with Gasteiger partial charge in [0.25, 0.3) is 5.91 Å². The molecule has 0 aromatic carbocycles. The molecule has 0 bridgehead atoms. The molecule has 1 atom stereocenters. The summed E-state index contributed by atoms with van der Waals surface area (Å²) in [6.45, 7) is 1.16. The summed E-state index contributed by atoms with van der Waals surface area (Å²) in [7, 11) is 0. The predicted octanol–water partition coefficient (Wildman–Crippen LogP) is 3.33. The lowest BCUT2D eigenvalue weighted by atomic mass is 10.1. The van der Waals surface area contributed by atoms with Crippen LogP contribution in [-0.4, -0.2) is 25.1 Å². The first-order valence-electron chi connectivity index (χ1n) is 6.54. The number of hydrogen-bond acceptors (Lipinski definition) is 4. The van der Waals surface area contributed by atoms with E-state index < -0.39 is 12.5 Å². The summed E-state index contributed by atoms with van der Waals surface area (Å²) < 4.78 is 29.0. The fourth-order valence-corrected chi connectivity index (χ4v) is 2.63. The Morgan fingerprint density at radius 3 is 2.71 bits per heavy atom. The van der Waals surface area contributed by atoms with Crippen molar-refractivity contribution in [2.24, 2.45) is 5.73 Å². The molecule has 0 saturated heterocycles. The minimum atomic E-state index is -2.94. The minimum absolute atomic E-state index is 0. The van der Waals surface area contributed by atoms with Gasteiger partial charge in [-0.3, -0.25) is 4.79 Å². The number of halogens is 3. The number of hydrogen-bond donors (Lipinski definition) is 2. The number of carbonyl (C=O) groups is 1. The number of aryl methyl sites for hydroxylation is 1. The number of thiophene rings is 1. The largest absolute Gasteiger partial charge is 0.433 e. The number of unbranched alkanes of at least 4 members (excludes halogenated alkanes) is 1. The highest BCUT2D eigenvalue weighted by molar-refractivity contribution is 7.14. The molecule has 0 saturated carbocycles. The molecule has 1 aromatic rings. The van der Waals surface area contributed by atoms with E-state index in [0.29, 0.717) is 6.54 Å². The van der Waals surface area contributed by atoms with Crippen LogP contribution in [0.15, 0.2) is 6.07 Å². The second kappa shape index (κ2) is 9.92. The van der Waals surface area contributed by atoms with Gasteiger partial charge in [-0.15, -0.1) is 23.7 Å². The van der Waals surface area contributed by atoms with Crippen molar-refractivity contribution >= 4 is 29.7 Å². The van der Waals surface area contributed by atoms with Gasteiger partial charge in [0.15, 0.2) is 0 Å². The van der Waals surface area contributed by atoms with Crippen molar-refractivity contribution in [1.82, 2.24) is 5.32 Å². The van der Waals surface area contributed by atoms with Gasteiger partial charge >= 0.3 is 6.61 Å². The second-order valence-electron chi connectivity index (χ2n) is 4.48. The molecule has 0 spiro atoms. The van der Waals surface area contributed by atoms with Crippen LogP contribution in [0.5, 0.6) is 5.75 Å². The number of ether oxygens (including phenoxy) is 1. The predicted molar refractivity (Wildman–Crippen MR) is 82.8 cm³/mol. The third kappa shape index (κ3) is 6.58. The number of carbonyl (C=O) groups excluding carboxylic acids is 1. The van der Waals surface area contributed by atoms with Crippen LogP contribution in [0.1, 0.15) is 40.7 Å². The lowest BCUT2D eigenvalue weighted by Gasteiger charge is -2.16. The van der Waals surface area contributed by atoms with Crippen molar-refractivity contribution in [3.8, 4) is 5.75 Å². The van der Waals surface area contributed by atoms with Crippen LogP contribution in [0.25, 0.3) is 0 Å². The molecule has 1 heterocycles. The highest BCUT2D eigenvalue weighted by atomic mass is 35.5. The van der Waals surface area contributed by atoms with E-state index in [-0.39, 0.29) is 29.1 Å². The van der Waals surface area contributed by atoms with Gasteiger partial charge in [-0.25, -0.2) is 0 Å². The number of alkyl halides is 2. The average Bonchev–Trinajstić information content (AvgIpc) is 2.74. The van der Waals surface area contributed by atoms with Crippen LogP contribution in [0.2, 0.25) is 0 Å². The molecule has 0 fully saturated rings. The molecule has 4 nitrogen and oxygen atoms in total. The first-order valence-corrected chi connectivity index (χ1v) is 7.35. The fraction of sp³-hybridized carbons (Fsp3) is 0.615. The molecule has 0 radical (unpaired) electrons. The lowest BCUT2D eigenvalue weighted by Crippen LogP contribution is -2.40. The molecule has 1 amide bonds. The average molecular weight is 343 g/mol. The summed E-state index contributed by atoms with van der Waals surface area (Å²) in [5.74, 6) is -0.489. The van der Waals surface area contributed by atoms with Crippen molar-refractivity contribution in [1.29, 1.82) is 0 Å². The minimum Gasteiger partial charge on any atom is -0.433 e. The summed E-state index contributed by atoms with van der Waals surface area (Å²) in [4.78, 5) is 13.0. The van der Waals surface area contributed by atoms with Crippen LogP contribution in [0.4, 0.5) is 8.78 Å². The zero-order chi connectivity index (χ0) is 15.1. The third-order valence-electron chi connectivity index (χ3n) is 2.77. The molecule has 1 rings (SSSR count). The Kier molecular flexibility index (Phi) is 9.48. The maximum absolute atomic E-state index is 12.3. The number of nitrogens with one attached hydrogen (secondary N) is 1. The number of amides is 1. The van der Waals surface area contributed by atoms with Crippen molar-refractivity contribution in [3.63, 3.8) is 0 Å². The Hall–Kier alpha value is -0.920. The molecule has 0 aliphatic carbocycles. The maximum Gasteiger partial charge on any atom is 0.387 e. The topological polar surface area (TPSA) is 64.3 Å². The molecule has 0 aliphatic rings. The molecule has 0 aliphatic heterocycles. The van der Waals surface area contributed by atoms with E-state index in [1.165, 1.54) is 6.07 Å². The van der Waals surface area contributed by atoms with E-state index in [1.54, 1.807) is 6.92 Å². The van der Waals surface area contributed by atoms with Crippen molar-refractivity contribution in [2.75, 3.05) is 6.54 Å². The van der Waals surface area contributed by atoms with E-state index in [4.69, 9.17) is 5.73 Å². The van der Waals surface area contributed by atoms with Gasteiger partial charge in [-0.1, -0.05) is 19.8 Å². The summed E-state index contributed by atoms with van der Waals surface area (Å²) in [6, 6.07) is 1.29. The van der Waals surface area contributed by atoms with Gasteiger partial charge in [0, 0.05) is 17.5 Å². The first-order chi connectivity index (χ1) is 9.47. The van der Waals surface area contributed by atoms with Crippen LogP contribution >= 0.6 is 23.7 Å². The molecule has 122 valence electrons. The van der Waals surface area contributed by atoms with Gasteiger partial charge in [-0.05, 0) is 19.4 Å². The summed E-state index contributed by atoms with van der Waals surface area (Å²) >= 11 is 1.13. The van der Waals surface area contributed by atoms with Crippen LogP contribution in [-0.2, 0) is 0 Å². The van der Waals surface area contributed by atoms with E-state index in [9.17, 15) is 13.6 Å². The Balaban J connectivity index is 0.00000400. The Morgan fingerprint density at radius 1 is 1.52 bits per heavy atom. The molecule has 1 unspecified atom stereocenters. The van der Waals surface area contributed by atoms with E-state index in [0.717, 1.165) is 35.5 Å². The number of nitrogens with two attached hydrogens (primary N) is 1. The SMILES string of the molecule is CCCCC(CN)NC(=O)c1sc(C)cc1OC(F)F.Cl. The summed E-state index contributed by atoms with van der Waals surface area (Å²) in [5.41, 5.74) is 5.60. The first kappa shape index (κ1) is 20.1. The highest BCUT2D eigenvalue weighted by Crippen LogP contribution is 2.30. The zero-order valence-corrected chi connectivity index (χ0v) is 13.7. The van der Waals surface area contributed by atoms with E-state index >= 15 is 0 Å². The number of rotatable bonds is 8. The van der Waals surface area contributed by atoms with Gasteiger partial charge in [0.2, 0.25) is 0 Å². The Bertz CT molecular complexity index is 444. The van der Waals surface area contributed by atoms with Crippen molar-refractivity contribution < 1.29 is 18.3 Å². The molecule has 3 N–H and O–H groups in total. The normalized spacial score (nSPS) is 11.9. The summed E-state index contributed by atoms with van der Waals surface area (Å²) in [5, 5.41) is 2.77. The quantitative estimate of drug-likeness (QED) is 0.761. The monoisotopic (exact) mass is 342 g/mol. The highest BCUT2D eigenvalue weighted by Gasteiger charge is 2.21. The van der Waals surface area contributed by atoms with Gasteiger partial charge in [-0.2, -0.15) is 8.78 Å². The Labute approximate surface area is 133 Å². The standard InChI is InChI=1S/C13H20F2N2O2S.ClH/c1-3-4-5-9(7-16)17-12(18)11-10(19-13(14)15)6-8(2)20-11;/h6,9,13H,3-5,7,16H2,1-2H3,(H,17,18);1H.